The van der Waals surface area contributed by atoms with Crippen molar-refractivity contribution in [2.75, 3.05) is 6.61 Å². The highest BCUT2D eigenvalue weighted by molar-refractivity contribution is 5.81. The third kappa shape index (κ3) is 4.08. The van der Waals surface area contributed by atoms with Gasteiger partial charge in [-0.1, -0.05) is 25.5 Å². The Morgan fingerprint density at radius 3 is 2.58 bits per heavy atom. The molecule has 0 aromatic carbocycles. The summed E-state index contributed by atoms with van der Waals surface area (Å²) in [6, 6.07) is 0. The molecule has 8 nitrogen and oxygen atoms in total. The Kier molecular flexibility index (Phi) is 6.86. The topological polar surface area (TPSA) is 134 Å². The summed E-state index contributed by atoms with van der Waals surface area (Å²) in [6.07, 6.45) is 5.99. The summed E-state index contributed by atoms with van der Waals surface area (Å²) in [5, 5.41) is 44.2. The second-order valence-electron chi connectivity index (χ2n) is 13.9. The van der Waals surface area contributed by atoms with Gasteiger partial charge in [0, 0.05) is 24.7 Å². The molecule has 0 spiro atoms. The second-order valence-corrected chi connectivity index (χ2v) is 13.9. The van der Waals surface area contributed by atoms with Crippen LogP contribution in [-0.2, 0) is 19.1 Å². The van der Waals surface area contributed by atoms with Gasteiger partial charge >= 0.3 is 11.9 Å². The lowest BCUT2D eigenvalue weighted by Gasteiger charge is -2.60. The Labute approximate surface area is 225 Å². The number of carbonyl (C=O) groups excluding carboxylic acids is 2. The van der Waals surface area contributed by atoms with Gasteiger partial charge in [-0.05, 0) is 87.9 Å². The second kappa shape index (κ2) is 9.28. The molecule has 1 aliphatic heterocycles. The molecule has 3 saturated carbocycles. The summed E-state index contributed by atoms with van der Waals surface area (Å²) in [6.45, 7) is 9.10. The number of allylic oxidation sites excluding steroid dienone is 1. The Bertz CT molecular complexity index is 1000. The number of aliphatic hydroxyl groups is 4. The van der Waals surface area contributed by atoms with Crippen LogP contribution in [-0.4, -0.2) is 68.5 Å². The van der Waals surface area contributed by atoms with Crippen LogP contribution in [0.3, 0.4) is 0 Å². The standard InChI is InChI=1S/C30H46O8/c1-16(31)38-25-14-19(32)12-17-6-7-20-21-8-9-23(27(21,2)11-10-22(20)28(17,25)3)30(5,36)24(33)13-18-15-37-26(34)29(18,4)35/h6,18-25,32-33,35-36H,7-15H2,1-5H3/t18-,19-,20+,21+,22+,23+,24-,25+,27+,28+,29-,30-/m1/s1. The van der Waals surface area contributed by atoms with Crippen LogP contribution in [0.15, 0.2) is 11.6 Å². The summed E-state index contributed by atoms with van der Waals surface area (Å²) in [7, 11) is 0. The number of fused-ring (bicyclic) bond motifs is 5. The molecule has 4 fully saturated rings. The smallest absolute Gasteiger partial charge is 0.338 e. The number of aliphatic hydroxyl groups excluding tert-OH is 2. The van der Waals surface area contributed by atoms with Gasteiger partial charge in [-0.25, -0.2) is 4.79 Å². The van der Waals surface area contributed by atoms with E-state index in [1.54, 1.807) is 6.92 Å². The number of cyclic esters (lactones) is 1. The van der Waals surface area contributed by atoms with Crippen molar-refractivity contribution in [1.82, 2.24) is 0 Å². The fourth-order valence-corrected chi connectivity index (χ4v) is 9.70. The van der Waals surface area contributed by atoms with Crippen LogP contribution in [0.2, 0.25) is 0 Å². The molecule has 0 radical (unpaired) electrons. The zero-order chi connectivity index (χ0) is 27.8. The maximum Gasteiger partial charge on any atom is 0.338 e. The number of rotatable bonds is 5. The van der Waals surface area contributed by atoms with Crippen molar-refractivity contribution in [3.63, 3.8) is 0 Å². The van der Waals surface area contributed by atoms with Gasteiger partial charge in [0.25, 0.3) is 0 Å². The highest BCUT2D eigenvalue weighted by atomic mass is 16.6. The minimum atomic E-state index is -1.66. The molecule has 5 rings (SSSR count). The Morgan fingerprint density at radius 2 is 1.95 bits per heavy atom. The molecule has 1 saturated heterocycles. The molecule has 0 amide bonds. The molecule has 8 heteroatoms. The average molecular weight is 535 g/mol. The van der Waals surface area contributed by atoms with E-state index < -0.39 is 35.3 Å². The van der Waals surface area contributed by atoms with Gasteiger partial charge < -0.3 is 29.9 Å². The van der Waals surface area contributed by atoms with E-state index in [9.17, 15) is 30.0 Å². The zero-order valence-electron chi connectivity index (χ0n) is 23.5. The third-order valence-electron chi connectivity index (χ3n) is 12.0. The predicted molar refractivity (Wildman–Crippen MR) is 138 cm³/mol. The van der Waals surface area contributed by atoms with Crippen molar-refractivity contribution >= 4 is 11.9 Å². The van der Waals surface area contributed by atoms with Crippen LogP contribution in [0.25, 0.3) is 0 Å². The van der Waals surface area contributed by atoms with Crippen molar-refractivity contribution in [2.24, 2.45) is 40.4 Å². The fourth-order valence-electron chi connectivity index (χ4n) is 9.70. The number of esters is 2. The first-order valence-electron chi connectivity index (χ1n) is 14.5. The van der Waals surface area contributed by atoms with Gasteiger partial charge in [0.2, 0.25) is 0 Å². The highest BCUT2D eigenvalue weighted by Gasteiger charge is 2.64. The van der Waals surface area contributed by atoms with Gasteiger partial charge in [-0.2, -0.15) is 0 Å². The van der Waals surface area contributed by atoms with E-state index in [-0.39, 0.29) is 41.8 Å². The molecule has 4 N–H and O–H groups in total. The Balaban J connectivity index is 1.38. The zero-order valence-corrected chi connectivity index (χ0v) is 23.5. The lowest BCUT2D eigenvalue weighted by Crippen LogP contribution is -2.58. The highest BCUT2D eigenvalue weighted by Crippen LogP contribution is 2.68. The molecule has 0 bridgehead atoms. The summed E-state index contributed by atoms with van der Waals surface area (Å²) in [5.41, 5.74) is -2.32. The van der Waals surface area contributed by atoms with E-state index in [0.717, 1.165) is 32.1 Å². The lowest BCUT2D eigenvalue weighted by molar-refractivity contribution is -0.175. The molecule has 1 heterocycles. The number of hydrogen-bond donors (Lipinski definition) is 4. The van der Waals surface area contributed by atoms with Crippen LogP contribution in [0.5, 0.6) is 0 Å². The van der Waals surface area contributed by atoms with E-state index in [2.05, 4.69) is 19.9 Å². The van der Waals surface area contributed by atoms with Crippen molar-refractivity contribution in [1.29, 1.82) is 0 Å². The number of hydrogen-bond acceptors (Lipinski definition) is 8. The fraction of sp³-hybridized carbons (Fsp3) is 0.867. The monoisotopic (exact) mass is 534 g/mol. The summed E-state index contributed by atoms with van der Waals surface area (Å²) < 4.78 is 10.9. The van der Waals surface area contributed by atoms with Crippen LogP contribution in [0.4, 0.5) is 0 Å². The van der Waals surface area contributed by atoms with Crippen LogP contribution >= 0.6 is 0 Å². The number of ether oxygens (including phenoxy) is 2. The van der Waals surface area contributed by atoms with Crippen LogP contribution in [0, 0.1) is 40.4 Å². The molecule has 4 aliphatic carbocycles. The minimum Gasteiger partial charge on any atom is -0.463 e. The van der Waals surface area contributed by atoms with Crippen molar-refractivity contribution in [3.05, 3.63) is 11.6 Å². The summed E-state index contributed by atoms with van der Waals surface area (Å²) >= 11 is 0. The van der Waals surface area contributed by atoms with E-state index in [0.29, 0.717) is 30.6 Å². The molecular weight excluding hydrogens is 488 g/mol. The van der Waals surface area contributed by atoms with Crippen LogP contribution < -0.4 is 0 Å². The molecule has 214 valence electrons. The Morgan fingerprint density at radius 1 is 1.24 bits per heavy atom. The normalized spacial score (nSPS) is 48.6. The maximum absolute atomic E-state index is 12.0. The van der Waals surface area contributed by atoms with Gasteiger partial charge in [-0.15, -0.1) is 0 Å². The maximum atomic E-state index is 12.0. The third-order valence-corrected chi connectivity index (χ3v) is 12.0. The quantitative estimate of drug-likeness (QED) is 0.313. The van der Waals surface area contributed by atoms with Crippen molar-refractivity contribution in [2.45, 2.75) is 115 Å². The molecule has 38 heavy (non-hydrogen) atoms. The SMILES string of the molecule is CC(=O)O[C@H]1C[C@H](O)CC2=CC[C@H]3[C@@H]4CC[C@H]([C@@](C)(O)[C@H](O)C[C@@H]5COC(=O)[C@]5(C)O)[C@@]4(C)CC[C@@H]3[C@]21C. The molecule has 0 unspecified atom stereocenters. The number of carbonyl (C=O) groups is 2. The first-order valence-corrected chi connectivity index (χ1v) is 14.5. The lowest BCUT2D eigenvalue weighted by atomic mass is 9.46. The minimum absolute atomic E-state index is 0.0404. The van der Waals surface area contributed by atoms with E-state index in [1.165, 1.54) is 19.4 Å². The van der Waals surface area contributed by atoms with Crippen molar-refractivity contribution in [3.8, 4) is 0 Å². The van der Waals surface area contributed by atoms with Gasteiger partial charge in [0.1, 0.15) is 6.10 Å². The Hall–Kier alpha value is -1.48. The van der Waals surface area contributed by atoms with Gasteiger partial charge in [0.05, 0.1) is 24.4 Å². The van der Waals surface area contributed by atoms with E-state index in [1.807, 2.05) is 0 Å². The average Bonchev–Trinajstić information content (AvgIpc) is 3.31. The van der Waals surface area contributed by atoms with E-state index in [4.69, 9.17) is 9.47 Å². The molecule has 0 aromatic rings. The van der Waals surface area contributed by atoms with Crippen LogP contribution in [0.1, 0.15) is 86.0 Å². The molecule has 12 atom stereocenters. The molecular formula is C30H46O8. The first kappa shape index (κ1) is 28.1. The predicted octanol–water partition coefficient (Wildman–Crippen LogP) is 2.89. The summed E-state index contributed by atoms with van der Waals surface area (Å²) in [4.78, 5) is 23.9. The molecule has 5 aliphatic rings. The van der Waals surface area contributed by atoms with E-state index >= 15 is 0 Å². The van der Waals surface area contributed by atoms with Crippen molar-refractivity contribution < 1.29 is 39.5 Å². The first-order chi connectivity index (χ1) is 17.6. The van der Waals surface area contributed by atoms with Gasteiger partial charge in [-0.3, -0.25) is 4.79 Å². The molecule has 0 aromatic heterocycles. The summed E-state index contributed by atoms with van der Waals surface area (Å²) in [5.74, 6) is -0.650. The largest absolute Gasteiger partial charge is 0.463 e. The van der Waals surface area contributed by atoms with Gasteiger partial charge in [0.15, 0.2) is 5.60 Å².